The number of nitrogen functional groups attached to an aromatic ring is 1. The van der Waals surface area contributed by atoms with Gasteiger partial charge in [-0.2, -0.15) is 19.6 Å². The van der Waals surface area contributed by atoms with E-state index < -0.39 is 0 Å². The number of nitrogens with zero attached hydrogens (tertiary/aromatic N) is 5. The third-order valence-corrected chi connectivity index (χ3v) is 4.93. The number of nitrogens with two attached hydrogens (primary N) is 1. The molecule has 0 saturated carbocycles. The molecular weight excluding hydrogens is 288 g/mol. The van der Waals surface area contributed by atoms with Gasteiger partial charge in [0.15, 0.2) is 0 Å². The lowest BCUT2D eigenvalue weighted by molar-refractivity contribution is 0.361. The molecule has 0 aliphatic carbocycles. The van der Waals surface area contributed by atoms with Crippen LogP contribution in [0.5, 0.6) is 0 Å². The molecule has 0 atom stereocenters. The van der Waals surface area contributed by atoms with Gasteiger partial charge in [-0.05, 0) is 23.8 Å². The lowest BCUT2D eigenvalue weighted by Crippen LogP contribution is -2.41. The Labute approximate surface area is 135 Å². The Kier molecular flexibility index (Phi) is 3.18. The summed E-state index contributed by atoms with van der Waals surface area (Å²) < 4.78 is 1.56. The van der Waals surface area contributed by atoms with Gasteiger partial charge in [0.25, 0.3) is 5.78 Å². The first-order valence-corrected chi connectivity index (χ1v) is 7.92. The van der Waals surface area contributed by atoms with Crippen molar-refractivity contribution in [2.24, 2.45) is 0 Å². The number of rotatable bonds is 2. The molecule has 1 aliphatic rings. The smallest absolute Gasteiger partial charge is 0.256 e. The van der Waals surface area contributed by atoms with Crippen LogP contribution in [0.3, 0.4) is 0 Å². The van der Waals surface area contributed by atoms with Gasteiger partial charge < -0.3 is 10.6 Å². The highest BCUT2D eigenvalue weighted by Crippen LogP contribution is 2.36. The predicted molar refractivity (Wildman–Crippen MR) is 90.4 cm³/mol. The first kappa shape index (κ1) is 14.0. The topological polar surface area (TPSA) is 72.3 Å². The number of hydrogen-bond acceptors (Lipinski definition) is 5. The van der Waals surface area contributed by atoms with Gasteiger partial charge in [-0.1, -0.05) is 37.3 Å². The van der Waals surface area contributed by atoms with Crippen molar-refractivity contribution in [3.63, 3.8) is 0 Å². The summed E-state index contributed by atoms with van der Waals surface area (Å²) in [5.41, 5.74) is 7.69. The summed E-state index contributed by atoms with van der Waals surface area (Å²) in [6, 6.07) is 12.7. The van der Waals surface area contributed by atoms with Crippen LogP contribution in [-0.4, -0.2) is 32.7 Å². The molecule has 1 saturated heterocycles. The second-order valence-electron chi connectivity index (χ2n) is 6.42. The second-order valence-corrected chi connectivity index (χ2v) is 6.42. The molecule has 2 N–H and O–H groups in total. The SMILES string of the molecule is CC1(c2ccccc2)CCN(c2cc(N)n3ncnc3n2)CC1. The minimum absolute atomic E-state index is 0.224. The Hall–Kier alpha value is -2.63. The zero-order valence-electron chi connectivity index (χ0n) is 13.2. The van der Waals surface area contributed by atoms with Crippen molar-refractivity contribution < 1.29 is 0 Å². The highest BCUT2D eigenvalue weighted by molar-refractivity contribution is 5.53. The lowest BCUT2D eigenvalue weighted by Gasteiger charge is -2.40. The second kappa shape index (κ2) is 5.22. The molecule has 4 rings (SSSR count). The zero-order valence-corrected chi connectivity index (χ0v) is 13.2. The van der Waals surface area contributed by atoms with Crippen LogP contribution < -0.4 is 10.6 Å². The molecule has 0 amide bonds. The van der Waals surface area contributed by atoms with Gasteiger partial charge in [0, 0.05) is 19.2 Å². The largest absolute Gasteiger partial charge is 0.383 e. The highest BCUT2D eigenvalue weighted by Gasteiger charge is 2.32. The van der Waals surface area contributed by atoms with Crippen LogP contribution >= 0.6 is 0 Å². The van der Waals surface area contributed by atoms with Crippen LogP contribution in [-0.2, 0) is 5.41 Å². The number of aromatic nitrogens is 4. The Morgan fingerprint density at radius 1 is 1.13 bits per heavy atom. The number of fused-ring (bicyclic) bond motifs is 1. The van der Waals surface area contributed by atoms with Crippen LogP contribution in [0.4, 0.5) is 11.6 Å². The van der Waals surface area contributed by atoms with E-state index in [1.807, 2.05) is 6.07 Å². The van der Waals surface area contributed by atoms with E-state index >= 15 is 0 Å². The molecule has 3 aromatic rings. The van der Waals surface area contributed by atoms with Gasteiger partial charge >= 0.3 is 0 Å². The van der Waals surface area contributed by atoms with Gasteiger partial charge in [0.2, 0.25) is 0 Å². The Morgan fingerprint density at radius 2 is 1.87 bits per heavy atom. The van der Waals surface area contributed by atoms with E-state index in [0.717, 1.165) is 31.7 Å². The molecule has 118 valence electrons. The molecule has 6 heteroatoms. The van der Waals surface area contributed by atoms with Crippen molar-refractivity contribution in [3.05, 3.63) is 48.3 Å². The summed E-state index contributed by atoms with van der Waals surface area (Å²) in [7, 11) is 0. The Morgan fingerprint density at radius 3 is 2.61 bits per heavy atom. The van der Waals surface area contributed by atoms with Crippen molar-refractivity contribution in [1.82, 2.24) is 19.6 Å². The molecule has 1 aliphatic heterocycles. The van der Waals surface area contributed by atoms with E-state index in [-0.39, 0.29) is 5.41 Å². The fourth-order valence-electron chi connectivity index (χ4n) is 3.34. The molecule has 0 unspecified atom stereocenters. The van der Waals surface area contributed by atoms with Crippen molar-refractivity contribution in [3.8, 4) is 0 Å². The first-order valence-electron chi connectivity index (χ1n) is 7.92. The van der Waals surface area contributed by atoms with Crippen molar-refractivity contribution in [1.29, 1.82) is 0 Å². The van der Waals surface area contributed by atoms with Gasteiger partial charge in [0.1, 0.15) is 18.0 Å². The summed E-state index contributed by atoms with van der Waals surface area (Å²) >= 11 is 0. The minimum atomic E-state index is 0.224. The average Bonchev–Trinajstić information content (AvgIpc) is 3.05. The van der Waals surface area contributed by atoms with Crippen LogP contribution in [0, 0.1) is 0 Å². The van der Waals surface area contributed by atoms with E-state index in [1.54, 1.807) is 4.52 Å². The number of hydrogen-bond donors (Lipinski definition) is 1. The average molecular weight is 308 g/mol. The molecule has 0 spiro atoms. The predicted octanol–water partition coefficient (Wildman–Crippen LogP) is 2.26. The van der Waals surface area contributed by atoms with E-state index in [2.05, 4.69) is 57.2 Å². The Balaban J connectivity index is 1.57. The molecule has 1 fully saturated rings. The van der Waals surface area contributed by atoms with Gasteiger partial charge in [-0.3, -0.25) is 0 Å². The van der Waals surface area contributed by atoms with Crippen LogP contribution in [0.2, 0.25) is 0 Å². The number of benzene rings is 1. The fraction of sp³-hybridized carbons (Fsp3) is 0.353. The van der Waals surface area contributed by atoms with Gasteiger partial charge in [0.05, 0.1) is 0 Å². The maximum absolute atomic E-state index is 6.05. The van der Waals surface area contributed by atoms with Crippen molar-refractivity contribution >= 4 is 17.4 Å². The summed E-state index contributed by atoms with van der Waals surface area (Å²) in [4.78, 5) is 11.0. The van der Waals surface area contributed by atoms with Crippen molar-refractivity contribution in [2.45, 2.75) is 25.2 Å². The zero-order chi connectivity index (χ0) is 15.9. The first-order chi connectivity index (χ1) is 11.2. The lowest BCUT2D eigenvalue weighted by atomic mass is 9.74. The third kappa shape index (κ3) is 2.40. The van der Waals surface area contributed by atoms with E-state index in [0.29, 0.717) is 11.6 Å². The molecule has 6 nitrogen and oxygen atoms in total. The number of anilines is 2. The summed E-state index contributed by atoms with van der Waals surface area (Å²) in [5, 5.41) is 4.07. The van der Waals surface area contributed by atoms with E-state index in [4.69, 9.17) is 5.73 Å². The summed E-state index contributed by atoms with van der Waals surface area (Å²) in [6.07, 6.45) is 3.66. The molecular formula is C17H20N6. The van der Waals surface area contributed by atoms with Gasteiger partial charge in [-0.25, -0.2) is 0 Å². The molecule has 0 bridgehead atoms. The summed E-state index contributed by atoms with van der Waals surface area (Å²) in [5.74, 6) is 2.01. The summed E-state index contributed by atoms with van der Waals surface area (Å²) in [6.45, 7) is 4.27. The van der Waals surface area contributed by atoms with E-state index in [9.17, 15) is 0 Å². The standard InChI is InChI=1S/C17H20N6/c1-17(13-5-3-2-4-6-13)7-9-22(10-8-17)15-11-14(18)23-16(21-15)19-12-20-23/h2-6,11-12H,7-10,18H2,1H3. The van der Waals surface area contributed by atoms with Gasteiger partial charge in [-0.15, -0.1) is 0 Å². The van der Waals surface area contributed by atoms with Crippen LogP contribution in [0.25, 0.3) is 5.78 Å². The molecule has 23 heavy (non-hydrogen) atoms. The molecule has 1 aromatic carbocycles. The quantitative estimate of drug-likeness (QED) is 0.786. The van der Waals surface area contributed by atoms with E-state index in [1.165, 1.54) is 11.9 Å². The highest BCUT2D eigenvalue weighted by atomic mass is 15.4. The number of piperidine rings is 1. The normalized spacial score (nSPS) is 17.5. The maximum Gasteiger partial charge on any atom is 0.256 e. The van der Waals surface area contributed by atoms with Crippen molar-refractivity contribution in [2.75, 3.05) is 23.7 Å². The Bertz CT molecular complexity index is 817. The minimum Gasteiger partial charge on any atom is -0.383 e. The molecule has 0 radical (unpaired) electrons. The fourth-order valence-corrected chi connectivity index (χ4v) is 3.34. The van der Waals surface area contributed by atoms with Crippen LogP contribution in [0.15, 0.2) is 42.7 Å². The third-order valence-electron chi connectivity index (χ3n) is 4.93. The molecule has 3 heterocycles. The van der Waals surface area contributed by atoms with Crippen LogP contribution in [0.1, 0.15) is 25.3 Å². The maximum atomic E-state index is 6.05. The monoisotopic (exact) mass is 308 g/mol. The molecule has 2 aromatic heterocycles.